The van der Waals surface area contributed by atoms with Gasteiger partial charge in [0, 0.05) is 56.7 Å². The fourth-order valence-corrected chi connectivity index (χ4v) is 4.04. The molecule has 0 spiro atoms. The largest absolute Gasteiger partial charge is 0.497 e. The SMILES string of the molecule is COc1ccc(N2CCN(c3nc(C)cc(N4CCC(C)CC4)n3)CC2)cc1. The number of benzene rings is 1. The first kappa shape index (κ1) is 18.8. The molecule has 6 heteroatoms. The zero-order valence-corrected chi connectivity index (χ0v) is 17.3. The Bertz CT molecular complexity index is 778. The van der Waals surface area contributed by atoms with Gasteiger partial charge in [0.25, 0.3) is 0 Å². The predicted octanol–water partition coefficient (Wildman–Crippen LogP) is 3.36. The third-order valence-corrected chi connectivity index (χ3v) is 5.94. The maximum Gasteiger partial charge on any atom is 0.227 e. The van der Waals surface area contributed by atoms with Gasteiger partial charge in [0.2, 0.25) is 5.95 Å². The average Bonchev–Trinajstić information content (AvgIpc) is 2.74. The van der Waals surface area contributed by atoms with Crippen LogP contribution in [0.15, 0.2) is 30.3 Å². The summed E-state index contributed by atoms with van der Waals surface area (Å²) in [7, 11) is 1.70. The van der Waals surface area contributed by atoms with Gasteiger partial charge in [-0.15, -0.1) is 0 Å². The Morgan fingerprint density at radius 2 is 1.50 bits per heavy atom. The molecule has 150 valence electrons. The van der Waals surface area contributed by atoms with Crippen molar-refractivity contribution in [3.8, 4) is 5.75 Å². The zero-order chi connectivity index (χ0) is 19.5. The number of anilines is 3. The van der Waals surface area contributed by atoms with Crippen molar-refractivity contribution < 1.29 is 4.74 Å². The van der Waals surface area contributed by atoms with E-state index in [0.29, 0.717) is 0 Å². The molecule has 0 saturated carbocycles. The first-order valence-corrected chi connectivity index (χ1v) is 10.4. The van der Waals surface area contributed by atoms with Gasteiger partial charge in [-0.1, -0.05) is 6.92 Å². The zero-order valence-electron chi connectivity index (χ0n) is 17.3. The molecule has 2 fully saturated rings. The monoisotopic (exact) mass is 381 g/mol. The highest BCUT2D eigenvalue weighted by atomic mass is 16.5. The minimum absolute atomic E-state index is 0.824. The molecule has 28 heavy (non-hydrogen) atoms. The van der Waals surface area contributed by atoms with Gasteiger partial charge in [0.15, 0.2) is 0 Å². The van der Waals surface area contributed by atoms with Gasteiger partial charge in [0.05, 0.1) is 7.11 Å². The Balaban J connectivity index is 1.42. The van der Waals surface area contributed by atoms with Crippen LogP contribution in [0, 0.1) is 12.8 Å². The Hall–Kier alpha value is -2.50. The number of methoxy groups -OCH3 is 1. The van der Waals surface area contributed by atoms with Crippen molar-refractivity contribution in [1.82, 2.24) is 9.97 Å². The minimum atomic E-state index is 0.824. The molecule has 2 aliphatic rings. The van der Waals surface area contributed by atoms with Crippen LogP contribution in [0.4, 0.5) is 17.5 Å². The number of piperazine rings is 1. The molecule has 0 N–H and O–H groups in total. The first-order chi connectivity index (χ1) is 13.6. The Labute approximate surface area is 168 Å². The third-order valence-electron chi connectivity index (χ3n) is 5.94. The van der Waals surface area contributed by atoms with Crippen LogP contribution >= 0.6 is 0 Å². The highest BCUT2D eigenvalue weighted by Gasteiger charge is 2.22. The molecule has 0 radical (unpaired) electrons. The average molecular weight is 382 g/mol. The second-order valence-electron chi connectivity index (χ2n) is 8.01. The van der Waals surface area contributed by atoms with E-state index < -0.39 is 0 Å². The van der Waals surface area contributed by atoms with Crippen LogP contribution in [-0.4, -0.2) is 56.3 Å². The number of aromatic nitrogens is 2. The lowest BCUT2D eigenvalue weighted by Crippen LogP contribution is -2.47. The second kappa shape index (κ2) is 8.25. The van der Waals surface area contributed by atoms with Crippen LogP contribution in [0.1, 0.15) is 25.5 Å². The van der Waals surface area contributed by atoms with E-state index in [-0.39, 0.29) is 0 Å². The molecule has 2 aromatic rings. The van der Waals surface area contributed by atoms with E-state index in [1.54, 1.807) is 7.11 Å². The van der Waals surface area contributed by atoms with Crippen molar-refractivity contribution in [2.24, 2.45) is 5.92 Å². The van der Waals surface area contributed by atoms with E-state index in [1.807, 2.05) is 12.1 Å². The molecule has 0 bridgehead atoms. The summed E-state index contributed by atoms with van der Waals surface area (Å²) in [5, 5.41) is 0. The van der Waals surface area contributed by atoms with Crippen molar-refractivity contribution in [1.29, 1.82) is 0 Å². The van der Waals surface area contributed by atoms with Gasteiger partial charge in [-0.3, -0.25) is 0 Å². The normalized spacial score (nSPS) is 18.5. The number of aryl methyl sites for hydroxylation is 1. The topological polar surface area (TPSA) is 44.7 Å². The fourth-order valence-electron chi connectivity index (χ4n) is 4.04. The van der Waals surface area contributed by atoms with E-state index in [4.69, 9.17) is 14.7 Å². The van der Waals surface area contributed by atoms with Gasteiger partial charge in [0.1, 0.15) is 11.6 Å². The van der Waals surface area contributed by atoms with Crippen molar-refractivity contribution in [2.45, 2.75) is 26.7 Å². The van der Waals surface area contributed by atoms with Gasteiger partial charge in [-0.05, 0) is 49.9 Å². The summed E-state index contributed by atoms with van der Waals surface area (Å²) in [6.45, 7) is 10.4. The van der Waals surface area contributed by atoms with Crippen LogP contribution in [0.5, 0.6) is 5.75 Å². The number of ether oxygens (including phenoxy) is 1. The molecule has 6 nitrogen and oxygen atoms in total. The van der Waals surface area contributed by atoms with E-state index >= 15 is 0 Å². The molecule has 1 aromatic heterocycles. The van der Waals surface area contributed by atoms with Crippen molar-refractivity contribution in [3.05, 3.63) is 36.0 Å². The van der Waals surface area contributed by atoms with E-state index in [2.05, 4.69) is 46.7 Å². The summed E-state index contributed by atoms with van der Waals surface area (Å²) in [5.74, 6) is 3.69. The van der Waals surface area contributed by atoms with Crippen molar-refractivity contribution in [2.75, 3.05) is 61.1 Å². The fraction of sp³-hybridized carbons (Fsp3) is 0.545. The quantitative estimate of drug-likeness (QED) is 0.809. The summed E-state index contributed by atoms with van der Waals surface area (Å²) < 4.78 is 5.26. The number of hydrogen-bond donors (Lipinski definition) is 0. The molecular formula is C22H31N5O. The standard InChI is InChI=1S/C22H31N5O/c1-17-8-10-26(11-9-17)21-16-18(2)23-22(24-21)27-14-12-25(13-15-27)19-4-6-20(28-3)7-5-19/h4-7,16-17H,8-15H2,1-3H3. The van der Waals surface area contributed by atoms with E-state index in [0.717, 1.165) is 68.4 Å². The van der Waals surface area contributed by atoms with Crippen LogP contribution in [0.2, 0.25) is 0 Å². The summed E-state index contributed by atoms with van der Waals surface area (Å²) in [6.07, 6.45) is 2.50. The minimum Gasteiger partial charge on any atom is -0.497 e. The summed E-state index contributed by atoms with van der Waals surface area (Å²) in [6, 6.07) is 10.4. The lowest BCUT2D eigenvalue weighted by atomic mass is 9.99. The predicted molar refractivity (Wildman–Crippen MR) is 115 cm³/mol. The van der Waals surface area contributed by atoms with Gasteiger partial charge >= 0.3 is 0 Å². The number of rotatable bonds is 4. The Kier molecular flexibility index (Phi) is 5.55. The summed E-state index contributed by atoms with van der Waals surface area (Å²) in [4.78, 5) is 16.8. The highest BCUT2D eigenvalue weighted by Crippen LogP contribution is 2.25. The number of piperidine rings is 1. The molecule has 0 atom stereocenters. The molecule has 0 unspecified atom stereocenters. The van der Waals surface area contributed by atoms with E-state index in [9.17, 15) is 0 Å². The van der Waals surface area contributed by atoms with Crippen LogP contribution in [-0.2, 0) is 0 Å². The van der Waals surface area contributed by atoms with Crippen LogP contribution in [0.3, 0.4) is 0 Å². The maximum atomic E-state index is 5.26. The molecular weight excluding hydrogens is 350 g/mol. The third kappa shape index (κ3) is 4.16. The summed E-state index contributed by atoms with van der Waals surface area (Å²) >= 11 is 0. The second-order valence-corrected chi connectivity index (χ2v) is 8.01. The van der Waals surface area contributed by atoms with Gasteiger partial charge in [-0.25, -0.2) is 4.98 Å². The van der Waals surface area contributed by atoms with Gasteiger partial charge < -0.3 is 19.4 Å². The van der Waals surface area contributed by atoms with Gasteiger partial charge in [-0.2, -0.15) is 4.98 Å². The molecule has 1 aromatic carbocycles. The van der Waals surface area contributed by atoms with E-state index in [1.165, 1.54) is 18.5 Å². The lowest BCUT2D eigenvalue weighted by molar-refractivity contribution is 0.415. The number of nitrogens with zero attached hydrogens (tertiary/aromatic N) is 5. The molecule has 2 aliphatic heterocycles. The van der Waals surface area contributed by atoms with Crippen LogP contribution in [0.25, 0.3) is 0 Å². The Morgan fingerprint density at radius 1 is 0.857 bits per heavy atom. The Morgan fingerprint density at radius 3 is 2.14 bits per heavy atom. The number of hydrogen-bond acceptors (Lipinski definition) is 6. The highest BCUT2D eigenvalue weighted by molar-refractivity contribution is 5.52. The lowest BCUT2D eigenvalue weighted by Gasteiger charge is -2.37. The molecule has 3 heterocycles. The first-order valence-electron chi connectivity index (χ1n) is 10.4. The maximum absolute atomic E-state index is 5.26. The molecule has 4 rings (SSSR count). The molecule has 0 aliphatic carbocycles. The smallest absolute Gasteiger partial charge is 0.227 e. The molecule has 0 amide bonds. The van der Waals surface area contributed by atoms with Crippen molar-refractivity contribution >= 4 is 17.5 Å². The summed E-state index contributed by atoms with van der Waals surface area (Å²) in [5.41, 5.74) is 2.30. The van der Waals surface area contributed by atoms with Crippen molar-refractivity contribution in [3.63, 3.8) is 0 Å². The molecule has 2 saturated heterocycles. The van der Waals surface area contributed by atoms with Crippen LogP contribution < -0.4 is 19.4 Å².